The number of pyridine rings is 1. The number of benzene rings is 2. The molecular formula is C22H16BrClN8O. The van der Waals surface area contributed by atoms with Crippen LogP contribution in [-0.4, -0.2) is 10.9 Å². The van der Waals surface area contributed by atoms with Crippen LogP contribution in [0.1, 0.15) is 28.3 Å². The van der Waals surface area contributed by atoms with Gasteiger partial charge in [-0.25, -0.2) is 9.98 Å². The highest BCUT2D eigenvalue weighted by Gasteiger charge is 2.31. The molecule has 0 saturated carbocycles. The van der Waals surface area contributed by atoms with E-state index in [1.54, 1.807) is 18.2 Å². The van der Waals surface area contributed by atoms with Gasteiger partial charge < -0.3 is 21.5 Å². The number of aromatic nitrogens is 1. The molecule has 0 amide bonds. The maximum atomic E-state index is 9.51. The van der Waals surface area contributed by atoms with E-state index in [-0.39, 0.29) is 35.5 Å². The summed E-state index contributed by atoms with van der Waals surface area (Å²) in [6, 6.07) is 14.1. The molecule has 0 radical (unpaired) electrons. The number of hydrogen-bond acceptors (Lipinski definition) is 9. The summed E-state index contributed by atoms with van der Waals surface area (Å²) in [6.07, 6.45) is 1.82. The van der Waals surface area contributed by atoms with Gasteiger partial charge >= 0.3 is 0 Å². The molecule has 2 aromatic carbocycles. The van der Waals surface area contributed by atoms with E-state index >= 15 is 0 Å². The number of nitrogens with two attached hydrogens (primary N) is 2. The first-order valence-corrected chi connectivity index (χ1v) is 10.7. The summed E-state index contributed by atoms with van der Waals surface area (Å²) in [4.78, 5) is 8.84. The number of nitrogen functional groups attached to an aromatic ring is 2. The molecule has 0 spiro atoms. The normalized spacial score (nSPS) is 14.2. The lowest BCUT2D eigenvalue weighted by molar-refractivity contribution is 0.302. The van der Waals surface area contributed by atoms with E-state index in [4.69, 9.17) is 33.1 Å². The zero-order valence-corrected chi connectivity index (χ0v) is 19.3. The van der Waals surface area contributed by atoms with Crippen LogP contribution in [-0.2, 0) is 6.61 Å². The zero-order valence-electron chi connectivity index (χ0n) is 16.9. The van der Waals surface area contributed by atoms with E-state index in [9.17, 15) is 5.26 Å². The molecular weight excluding hydrogens is 508 g/mol. The summed E-state index contributed by atoms with van der Waals surface area (Å²) in [5.74, 6) is 0.894. The van der Waals surface area contributed by atoms with Crippen molar-refractivity contribution in [3.05, 3.63) is 74.2 Å². The third-order valence-electron chi connectivity index (χ3n) is 4.91. The smallest absolute Gasteiger partial charge is 0.211 e. The zero-order chi connectivity index (χ0) is 23.5. The summed E-state index contributed by atoms with van der Waals surface area (Å²) < 4.78 is 7.05. The lowest BCUT2D eigenvalue weighted by atomic mass is 9.94. The van der Waals surface area contributed by atoms with Crippen molar-refractivity contribution in [2.75, 3.05) is 16.8 Å². The summed E-state index contributed by atoms with van der Waals surface area (Å²) in [5.41, 5.74) is 14.4. The van der Waals surface area contributed by atoms with Gasteiger partial charge in [0.05, 0.1) is 5.69 Å². The third-order valence-corrected chi connectivity index (χ3v) is 5.64. The van der Waals surface area contributed by atoms with Crippen molar-refractivity contribution in [2.24, 2.45) is 4.99 Å². The Morgan fingerprint density at radius 1 is 1.21 bits per heavy atom. The van der Waals surface area contributed by atoms with Crippen molar-refractivity contribution in [1.82, 2.24) is 10.3 Å². The lowest BCUT2D eigenvalue weighted by Gasteiger charge is -2.27. The molecule has 11 heteroatoms. The van der Waals surface area contributed by atoms with Gasteiger partial charge in [0.2, 0.25) is 5.96 Å². The maximum Gasteiger partial charge on any atom is 0.211 e. The van der Waals surface area contributed by atoms with Crippen LogP contribution in [0.4, 0.5) is 17.3 Å². The highest BCUT2D eigenvalue weighted by molar-refractivity contribution is 9.10. The third kappa shape index (κ3) is 4.48. The minimum absolute atomic E-state index is 0.0320. The number of fused-ring (bicyclic) bond motifs is 1. The van der Waals surface area contributed by atoms with Gasteiger partial charge in [0, 0.05) is 20.6 Å². The Bertz CT molecular complexity index is 1360. The maximum absolute atomic E-state index is 9.51. The van der Waals surface area contributed by atoms with Gasteiger partial charge in [0.25, 0.3) is 0 Å². The molecule has 1 aliphatic heterocycles. The lowest BCUT2D eigenvalue weighted by Crippen LogP contribution is -2.32. The van der Waals surface area contributed by atoms with E-state index in [1.807, 2.05) is 36.5 Å². The molecule has 4 rings (SSSR count). The molecule has 164 valence electrons. The van der Waals surface area contributed by atoms with Gasteiger partial charge in [-0.2, -0.15) is 10.5 Å². The van der Waals surface area contributed by atoms with Crippen molar-refractivity contribution < 1.29 is 4.74 Å². The number of ether oxygens (including phenoxy) is 1. The second-order valence-corrected chi connectivity index (χ2v) is 8.35. The summed E-state index contributed by atoms with van der Waals surface area (Å²) in [6.45, 7) is 0.290. The number of nitriles is 2. The second-order valence-electron chi connectivity index (χ2n) is 7.00. The molecule has 1 aliphatic rings. The van der Waals surface area contributed by atoms with Gasteiger partial charge in [-0.15, -0.1) is 0 Å². The molecule has 0 bridgehead atoms. The monoisotopic (exact) mass is 522 g/mol. The molecule has 0 fully saturated rings. The minimum atomic E-state index is -0.770. The summed E-state index contributed by atoms with van der Waals surface area (Å²) in [7, 11) is 0. The Morgan fingerprint density at radius 3 is 2.76 bits per heavy atom. The first kappa shape index (κ1) is 22.2. The Morgan fingerprint density at radius 2 is 2.03 bits per heavy atom. The van der Waals surface area contributed by atoms with E-state index in [2.05, 4.69) is 36.5 Å². The number of halogens is 2. The van der Waals surface area contributed by atoms with Crippen molar-refractivity contribution in [1.29, 1.82) is 10.5 Å². The van der Waals surface area contributed by atoms with Crippen LogP contribution in [0, 0.1) is 22.8 Å². The van der Waals surface area contributed by atoms with Gasteiger partial charge in [-0.3, -0.25) is 5.32 Å². The average Bonchev–Trinajstić information content (AvgIpc) is 2.78. The number of guanidine groups is 1. The quantitative estimate of drug-likeness (QED) is 0.294. The molecule has 2 heterocycles. The Labute approximate surface area is 202 Å². The summed E-state index contributed by atoms with van der Waals surface area (Å²) in [5, 5.41) is 24.4. The molecule has 9 nitrogen and oxygen atoms in total. The van der Waals surface area contributed by atoms with Crippen molar-refractivity contribution >= 4 is 50.8 Å². The largest absolute Gasteiger partial charge is 0.489 e. The van der Waals surface area contributed by atoms with Crippen molar-refractivity contribution in [3.63, 3.8) is 0 Å². The highest BCUT2D eigenvalue weighted by atomic mass is 79.9. The van der Waals surface area contributed by atoms with E-state index in [0.29, 0.717) is 21.9 Å². The van der Waals surface area contributed by atoms with Crippen LogP contribution in [0.25, 0.3) is 0 Å². The van der Waals surface area contributed by atoms with Gasteiger partial charge in [0.15, 0.2) is 6.19 Å². The van der Waals surface area contributed by atoms with Crippen LogP contribution in [0.15, 0.2) is 51.9 Å². The van der Waals surface area contributed by atoms with E-state index in [1.165, 1.54) is 0 Å². The SMILES string of the molecule is N#CNC1=NC(c2cc(Cl)ccc2OCc2cccc(Br)c2)c2c(nc(N)c(C#N)c2N)N1. The second kappa shape index (κ2) is 9.25. The topological polar surface area (TPSA) is 158 Å². The Hall–Kier alpha value is -3.99. The fourth-order valence-corrected chi connectivity index (χ4v) is 4.09. The van der Waals surface area contributed by atoms with Crippen LogP contribution >= 0.6 is 27.5 Å². The van der Waals surface area contributed by atoms with Crippen LogP contribution in [0.5, 0.6) is 5.75 Å². The fourth-order valence-electron chi connectivity index (χ4n) is 3.46. The number of nitrogens with one attached hydrogen (secondary N) is 2. The first-order valence-electron chi connectivity index (χ1n) is 9.56. The molecule has 1 atom stereocenters. The number of aliphatic imine (C=N–C) groups is 1. The molecule has 0 aliphatic carbocycles. The fraction of sp³-hybridized carbons (Fsp3) is 0.0909. The van der Waals surface area contributed by atoms with E-state index in [0.717, 1.165) is 10.0 Å². The van der Waals surface area contributed by atoms with Gasteiger partial charge in [-0.1, -0.05) is 39.7 Å². The van der Waals surface area contributed by atoms with Gasteiger partial charge in [0.1, 0.15) is 41.7 Å². The number of nitrogens with zero attached hydrogens (tertiary/aromatic N) is 4. The predicted molar refractivity (Wildman–Crippen MR) is 129 cm³/mol. The first-order chi connectivity index (χ1) is 15.9. The predicted octanol–water partition coefficient (Wildman–Crippen LogP) is 4.05. The Balaban J connectivity index is 1.83. The Kier molecular flexibility index (Phi) is 6.22. The van der Waals surface area contributed by atoms with Gasteiger partial charge in [-0.05, 0) is 35.9 Å². The van der Waals surface area contributed by atoms with Crippen LogP contribution < -0.4 is 26.8 Å². The molecule has 1 unspecified atom stereocenters. The van der Waals surface area contributed by atoms with E-state index < -0.39 is 6.04 Å². The molecule has 6 N–H and O–H groups in total. The standard InChI is InChI=1S/C22H16BrClN8O/c23-12-3-1-2-11(6-12)9-33-16-5-4-13(24)7-14(16)19-17-18(27)15(8-25)20(28)31-21(17)32-22(30-19)29-10-26/h1-7,19H,9H2,(H6,27,28,29,30,31,32). The van der Waals surface area contributed by atoms with Crippen LogP contribution in [0.3, 0.4) is 0 Å². The number of rotatable bonds is 4. The molecule has 33 heavy (non-hydrogen) atoms. The van der Waals surface area contributed by atoms with Crippen LogP contribution in [0.2, 0.25) is 5.02 Å². The molecule has 3 aromatic rings. The molecule has 1 aromatic heterocycles. The van der Waals surface area contributed by atoms with Crippen molar-refractivity contribution in [3.8, 4) is 18.0 Å². The minimum Gasteiger partial charge on any atom is -0.489 e. The van der Waals surface area contributed by atoms with Crippen molar-refractivity contribution in [2.45, 2.75) is 12.6 Å². The highest BCUT2D eigenvalue weighted by Crippen LogP contribution is 2.44. The number of hydrogen-bond donors (Lipinski definition) is 4. The summed E-state index contributed by atoms with van der Waals surface area (Å²) >= 11 is 9.76. The number of anilines is 3. The molecule has 0 saturated heterocycles. The average molecular weight is 524 g/mol.